The van der Waals surface area contributed by atoms with Gasteiger partial charge < -0.3 is 11.1 Å². The molecule has 1 rings (SSSR count). The van der Waals surface area contributed by atoms with E-state index in [1.807, 2.05) is 0 Å². The first-order valence-electron chi connectivity index (χ1n) is 5.18. The van der Waals surface area contributed by atoms with Gasteiger partial charge >= 0.3 is 0 Å². The molecule has 1 saturated carbocycles. The van der Waals surface area contributed by atoms with Crippen LogP contribution in [0.2, 0.25) is 0 Å². The van der Waals surface area contributed by atoms with E-state index in [4.69, 9.17) is 12.2 Å². The van der Waals surface area contributed by atoms with Crippen molar-refractivity contribution in [1.82, 2.24) is 5.32 Å². The molecule has 3 N–H and O–H groups in total. The van der Waals surface area contributed by atoms with Crippen molar-refractivity contribution >= 4 is 5.91 Å². The fraction of sp³-hybridized carbons (Fsp3) is 0.727. The summed E-state index contributed by atoms with van der Waals surface area (Å²) in [6.45, 7) is 2.15. The Morgan fingerprint density at radius 3 is 3.07 bits per heavy atom. The molecule has 0 spiro atoms. The summed E-state index contributed by atoms with van der Waals surface area (Å²) in [6, 6.07) is -0.186. The van der Waals surface area contributed by atoms with E-state index < -0.39 is 6.04 Å². The van der Waals surface area contributed by atoms with Crippen molar-refractivity contribution < 1.29 is 4.79 Å². The van der Waals surface area contributed by atoms with Gasteiger partial charge in [0.05, 0.1) is 6.04 Å². The number of hydrogen-bond donors (Lipinski definition) is 2. The highest BCUT2D eigenvalue weighted by Crippen LogP contribution is 2.34. The lowest BCUT2D eigenvalue weighted by Crippen LogP contribution is -2.41. The molecular weight excluding hydrogens is 176 g/mol. The van der Waals surface area contributed by atoms with Gasteiger partial charge in [-0.1, -0.05) is 13.3 Å². The second kappa shape index (κ2) is 5.02. The van der Waals surface area contributed by atoms with Gasteiger partial charge in [0.1, 0.15) is 0 Å². The highest BCUT2D eigenvalue weighted by Gasteiger charge is 2.37. The van der Waals surface area contributed by atoms with Crippen LogP contribution in [0.3, 0.4) is 0 Å². The molecule has 0 radical (unpaired) electrons. The van der Waals surface area contributed by atoms with Crippen molar-refractivity contribution in [2.75, 3.05) is 0 Å². The Bertz CT molecular complexity index is 244. The van der Waals surface area contributed by atoms with Crippen LogP contribution in [-0.2, 0) is 4.79 Å². The second-order valence-corrected chi connectivity index (χ2v) is 3.91. The molecule has 0 bridgehead atoms. The molecule has 0 saturated heterocycles. The third-order valence-corrected chi connectivity index (χ3v) is 2.58. The molecule has 0 heterocycles. The summed E-state index contributed by atoms with van der Waals surface area (Å²) < 4.78 is 0. The van der Waals surface area contributed by atoms with Crippen LogP contribution < -0.4 is 11.1 Å². The van der Waals surface area contributed by atoms with Crippen molar-refractivity contribution in [3.63, 3.8) is 0 Å². The Morgan fingerprint density at radius 1 is 1.79 bits per heavy atom. The zero-order valence-electron chi connectivity index (χ0n) is 8.62. The molecule has 1 amide bonds. The van der Waals surface area contributed by atoms with Crippen LogP contribution in [0.25, 0.3) is 0 Å². The normalized spacial score (nSPS) is 26.4. The maximum Gasteiger partial charge on any atom is 0.238 e. The molecule has 0 aromatic heterocycles. The average molecular weight is 194 g/mol. The van der Waals surface area contributed by atoms with Crippen LogP contribution in [0.4, 0.5) is 0 Å². The van der Waals surface area contributed by atoms with Gasteiger partial charge in [-0.05, 0) is 18.8 Å². The van der Waals surface area contributed by atoms with Crippen LogP contribution in [0.15, 0.2) is 0 Å². The minimum Gasteiger partial charge on any atom is -0.352 e. The summed E-state index contributed by atoms with van der Waals surface area (Å²) in [7, 11) is 0. The molecule has 0 aromatic carbocycles. The Kier molecular flexibility index (Phi) is 3.97. The number of hydrogen-bond acceptors (Lipinski definition) is 2. The lowest BCUT2D eigenvalue weighted by atomic mass is 10.2. The van der Waals surface area contributed by atoms with Gasteiger partial charge in [0, 0.05) is 12.5 Å². The molecule has 0 aromatic rings. The molecule has 0 aliphatic heterocycles. The van der Waals surface area contributed by atoms with E-state index in [-0.39, 0.29) is 5.91 Å². The van der Waals surface area contributed by atoms with E-state index in [1.54, 1.807) is 0 Å². The van der Waals surface area contributed by atoms with Crippen molar-refractivity contribution in [2.45, 2.75) is 44.7 Å². The molecule has 3 atom stereocenters. The van der Waals surface area contributed by atoms with E-state index in [0.717, 1.165) is 6.42 Å². The van der Waals surface area contributed by atoms with Crippen LogP contribution in [0.1, 0.15) is 32.6 Å². The zero-order valence-corrected chi connectivity index (χ0v) is 8.62. The summed E-state index contributed by atoms with van der Waals surface area (Å²) in [5.74, 6) is 2.96. The van der Waals surface area contributed by atoms with Crippen LogP contribution in [0.5, 0.6) is 0 Å². The van der Waals surface area contributed by atoms with Gasteiger partial charge in [0.25, 0.3) is 0 Å². The Morgan fingerprint density at radius 2 is 2.50 bits per heavy atom. The summed E-state index contributed by atoms with van der Waals surface area (Å²) >= 11 is 0. The van der Waals surface area contributed by atoms with Gasteiger partial charge in [-0.2, -0.15) is 0 Å². The van der Waals surface area contributed by atoms with Crippen molar-refractivity contribution in [2.24, 2.45) is 11.7 Å². The molecule has 14 heavy (non-hydrogen) atoms. The number of terminal acetylenes is 1. The largest absolute Gasteiger partial charge is 0.352 e. The van der Waals surface area contributed by atoms with E-state index in [0.29, 0.717) is 18.4 Å². The smallest absolute Gasteiger partial charge is 0.238 e. The average Bonchev–Trinajstić information content (AvgIpc) is 2.84. The van der Waals surface area contributed by atoms with Crippen molar-refractivity contribution in [3.05, 3.63) is 0 Å². The number of nitrogens with two attached hydrogens (primary N) is 1. The van der Waals surface area contributed by atoms with Gasteiger partial charge in [0.15, 0.2) is 0 Å². The molecule has 78 valence electrons. The first kappa shape index (κ1) is 11.1. The number of rotatable bonds is 5. The summed E-state index contributed by atoms with van der Waals surface area (Å²) in [6.07, 6.45) is 8.86. The number of carbonyl (C=O) groups excluding carboxylic acids is 1. The Balaban J connectivity index is 2.20. The molecule has 1 fully saturated rings. The van der Waals surface area contributed by atoms with Gasteiger partial charge in [0.2, 0.25) is 5.91 Å². The lowest BCUT2D eigenvalue weighted by Gasteiger charge is -2.08. The second-order valence-electron chi connectivity index (χ2n) is 3.91. The topological polar surface area (TPSA) is 55.1 Å². The fourth-order valence-electron chi connectivity index (χ4n) is 1.62. The summed E-state index contributed by atoms with van der Waals surface area (Å²) in [4.78, 5) is 11.4. The number of nitrogens with one attached hydrogen (secondary N) is 1. The maximum atomic E-state index is 11.4. The SMILES string of the molecule is C#CCC(N)C(=O)NC1CC1CCC. The Labute approximate surface area is 85.4 Å². The summed E-state index contributed by atoms with van der Waals surface area (Å²) in [5.41, 5.74) is 5.57. The predicted octanol–water partition coefficient (Wildman–Crippen LogP) is 0.642. The summed E-state index contributed by atoms with van der Waals surface area (Å²) in [5, 5.41) is 2.91. The molecule has 3 nitrogen and oxygen atoms in total. The monoisotopic (exact) mass is 194 g/mol. The Hall–Kier alpha value is -1.01. The quantitative estimate of drug-likeness (QED) is 0.631. The maximum absolute atomic E-state index is 11.4. The highest BCUT2D eigenvalue weighted by molar-refractivity contribution is 5.82. The number of carbonyl (C=O) groups is 1. The van der Waals surface area contributed by atoms with Crippen molar-refractivity contribution in [3.8, 4) is 12.3 Å². The van der Waals surface area contributed by atoms with Gasteiger partial charge in [-0.3, -0.25) is 4.79 Å². The molecule has 3 unspecified atom stereocenters. The van der Waals surface area contributed by atoms with Gasteiger partial charge in [-0.15, -0.1) is 12.3 Å². The first-order valence-corrected chi connectivity index (χ1v) is 5.18. The predicted molar refractivity (Wildman–Crippen MR) is 56.4 cm³/mol. The van der Waals surface area contributed by atoms with Crippen LogP contribution in [0, 0.1) is 18.3 Å². The van der Waals surface area contributed by atoms with Crippen LogP contribution in [-0.4, -0.2) is 18.0 Å². The van der Waals surface area contributed by atoms with Gasteiger partial charge in [-0.25, -0.2) is 0 Å². The fourth-order valence-corrected chi connectivity index (χ4v) is 1.62. The molecule has 3 heteroatoms. The minimum absolute atomic E-state index is 0.105. The van der Waals surface area contributed by atoms with E-state index in [2.05, 4.69) is 18.2 Å². The first-order chi connectivity index (χ1) is 6.69. The lowest BCUT2D eigenvalue weighted by molar-refractivity contribution is -0.122. The van der Waals surface area contributed by atoms with E-state index in [1.165, 1.54) is 12.8 Å². The van der Waals surface area contributed by atoms with Crippen LogP contribution >= 0.6 is 0 Å². The molecule has 1 aliphatic carbocycles. The third kappa shape index (κ3) is 3.04. The standard InChI is InChI=1S/C11H18N2O/c1-3-5-8-7-10(8)13-11(14)9(12)6-4-2/h2,8-10H,3,5-7,12H2,1H3,(H,13,14). The van der Waals surface area contributed by atoms with E-state index in [9.17, 15) is 4.79 Å². The number of amides is 1. The minimum atomic E-state index is -0.539. The van der Waals surface area contributed by atoms with E-state index >= 15 is 0 Å². The highest BCUT2D eigenvalue weighted by atomic mass is 16.2. The third-order valence-electron chi connectivity index (χ3n) is 2.58. The molecule has 1 aliphatic rings. The van der Waals surface area contributed by atoms with Crippen molar-refractivity contribution in [1.29, 1.82) is 0 Å². The molecular formula is C11H18N2O. The zero-order chi connectivity index (χ0) is 10.6.